The van der Waals surface area contributed by atoms with Crippen LogP contribution in [0.15, 0.2) is 24.3 Å². The Morgan fingerprint density at radius 2 is 1.95 bits per heavy atom. The molecular formula is C14H17ClN2O3. The smallest absolute Gasteiger partial charge is 0.407 e. The highest BCUT2D eigenvalue weighted by Gasteiger charge is 2.25. The summed E-state index contributed by atoms with van der Waals surface area (Å²) in [7, 11) is 1.34. The van der Waals surface area contributed by atoms with Crippen LogP contribution in [0.3, 0.4) is 0 Å². The number of nitrogens with zero attached hydrogens (tertiary/aromatic N) is 1. The molecule has 0 saturated carbocycles. The van der Waals surface area contributed by atoms with Gasteiger partial charge in [0.1, 0.15) is 0 Å². The lowest BCUT2D eigenvalue weighted by Gasteiger charge is -2.32. The molecule has 1 saturated heterocycles. The van der Waals surface area contributed by atoms with Crippen molar-refractivity contribution >= 4 is 23.6 Å². The van der Waals surface area contributed by atoms with Gasteiger partial charge in [-0.1, -0.05) is 23.7 Å². The summed E-state index contributed by atoms with van der Waals surface area (Å²) in [6, 6.07) is 7.08. The Morgan fingerprint density at radius 3 is 2.55 bits per heavy atom. The Labute approximate surface area is 122 Å². The molecular weight excluding hydrogens is 280 g/mol. The van der Waals surface area contributed by atoms with Crippen molar-refractivity contribution in [1.29, 1.82) is 0 Å². The average Bonchev–Trinajstić information content (AvgIpc) is 2.47. The second kappa shape index (κ2) is 6.61. The highest BCUT2D eigenvalue weighted by molar-refractivity contribution is 6.33. The molecule has 0 spiro atoms. The number of halogens is 1. The number of hydrogen-bond donors (Lipinski definition) is 1. The van der Waals surface area contributed by atoms with Crippen molar-refractivity contribution < 1.29 is 14.3 Å². The number of rotatable bonds is 2. The summed E-state index contributed by atoms with van der Waals surface area (Å²) in [5, 5.41) is 3.22. The molecule has 1 aliphatic rings. The van der Waals surface area contributed by atoms with Crippen molar-refractivity contribution in [2.45, 2.75) is 18.9 Å². The number of carbonyl (C=O) groups is 2. The summed E-state index contributed by atoms with van der Waals surface area (Å²) in [4.78, 5) is 25.2. The third kappa shape index (κ3) is 3.42. The molecule has 2 amide bonds. The molecule has 0 bridgehead atoms. The molecule has 0 aliphatic carbocycles. The first-order valence-corrected chi connectivity index (χ1v) is 6.88. The van der Waals surface area contributed by atoms with Gasteiger partial charge in [-0.3, -0.25) is 4.79 Å². The fourth-order valence-electron chi connectivity index (χ4n) is 2.26. The van der Waals surface area contributed by atoms with Gasteiger partial charge in [-0.05, 0) is 25.0 Å². The molecule has 0 unspecified atom stereocenters. The number of ether oxygens (including phenoxy) is 1. The molecule has 6 heteroatoms. The van der Waals surface area contributed by atoms with Crippen molar-refractivity contribution in [2.75, 3.05) is 20.2 Å². The van der Waals surface area contributed by atoms with Gasteiger partial charge >= 0.3 is 6.09 Å². The molecule has 2 rings (SSSR count). The van der Waals surface area contributed by atoms with Gasteiger partial charge in [0.2, 0.25) is 0 Å². The highest BCUT2D eigenvalue weighted by Crippen LogP contribution is 2.19. The second-order valence-electron chi connectivity index (χ2n) is 4.68. The molecule has 0 radical (unpaired) electrons. The van der Waals surface area contributed by atoms with Crippen LogP contribution in [0, 0.1) is 0 Å². The van der Waals surface area contributed by atoms with E-state index in [0.29, 0.717) is 36.5 Å². The van der Waals surface area contributed by atoms with Crippen molar-refractivity contribution in [1.82, 2.24) is 10.2 Å². The third-order valence-electron chi connectivity index (χ3n) is 3.39. The first-order chi connectivity index (χ1) is 9.61. The van der Waals surface area contributed by atoms with Crippen LogP contribution in [-0.2, 0) is 4.74 Å². The Balaban J connectivity index is 1.92. The lowest BCUT2D eigenvalue weighted by atomic mass is 10.0. The van der Waals surface area contributed by atoms with Crippen molar-refractivity contribution in [2.24, 2.45) is 0 Å². The fourth-order valence-corrected chi connectivity index (χ4v) is 2.47. The van der Waals surface area contributed by atoms with E-state index >= 15 is 0 Å². The van der Waals surface area contributed by atoms with Crippen LogP contribution in [-0.4, -0.2) is 43.1 Å². The van der Waals surface area contributed by atoms with Gasteiger partial charge < -0.3 is 15.0 Å². The van der Waals surface area contributed by atoms with Crippen LogP contribution < -0.4 is 5.32 Å². The topological polar surface area (TPSA) is 58.6 Å². The number of piperidine rings is 1. The largest absolute Gasteiger partial charge is 0.453 e. The summed E-state index contributed by atoms with van der Waals surface area (Å²) in [6.45, 7) is 1.19. The molecule has 1 aromatic rings. The van der Waals surface area contributed by atoms with E-state index in [1.54, 1.807) is 29.2 Å². The van der Waals surface area contributed by atoms with Crippen molar-refractivity contribution in [3.05, 3.63) is 34.9 Å². The third-order valence-corrected chi connectivity index (χ3v) is 3.72. The first kappa shape index (κ1) is 14.7. The van der Waals surface area contributed by atoms with Crippen molar-refractivity contribution in [3.63, 3.8) is 0 Å². The van der Waals surface area contributed by atoms with Crippen LogP contribution in [0.25, 0.3) is 0 Å². The summed E-state index contributed by atoms with van der Waals surface area (Å²) < 4.78 is 4.56. The molecule has 1 heterocycles. The number of nitrogens with one attached hydrogen (secondary N) is 1. The molecule has 0 atom stereocenters. The standard InChI is InChI=1S/C14H17ClN2O3/c1-20-14(19)16-10-6-8-17(9-7-10)13(18)11-4-2-3-5-12(11)15/h2-5,10H,6-9H2,1H3,(H,16,19). The summed E-state index contributed by atoms with van der Waals surface area (Å²) in [5.74, 6) is -0.0629. The first-order valence-electron chi connectivity index (χ1n) is 6.50. The molecule has 20 heavy (non-hydrogen) atoms. The number of amides is 2. The minimum Gasteiger partial charge on any atom is -0.453 e. The van der Waals surface area contributed by atoms with E-state index < -0.39 is 6.09 Å². The Kier molecular flexibility index (Phi) is 4.84. The van der Waals surface area contributed by atoms with E-state index in [9.17, 15) is 9.59 Å². The number of carbonyl (C=O) groups excluding carboxylic acids is 2. The van der Waals surface area contributed by atoms with E-state index in [0.717, 1.165) is 0 Å². The molecule has 1 fully saturated rings. The van der Waals surface area contributed by atoms with E-state index in [1.165, 1.54) is 7.11 Å². The number of hydrogen-bond acceptors (Lipinski definition) is 3. The van der Waals surface area contributed by atoms with Gasteiger partial charge in [0.15, 0.2) is 0 Å². The number of likely N-dealkylation sites (tertiary alicyclic amines) is 1. The van der Waals surface area contributed by atoms with E-state index in [2.05, 4.69) is 10.1 Å². The van der Waals surface area contributed by atoms with E-state index in [-0.39, 0.29) is 11.9 Å². The summed E-state index contributed by atoms with van der Waals surface area (Å²) in [5.41, 5.74) is 0.522. The van der Waals surface area contributed by atoms with Gasteiger partial charge in [-0.25, -0.2) is 4.79 Å². The number of alkyl carbamates (subject to hydrolysis) is 1. The molecule has 0 aromatic heterocycles. The monoisotopic (exact) mass is 296 g/mol. The fraction of sp³-hybridized carbons (Fsp3) is 0.429. The van der Waals surface area contributed by atoms with Crippen LogP contribution in [0.2, 0.25) is 5.02 Å². The van der Waals surface area contributed by atoms with E-state index in [4.69, 9.17) is 11.6 Å². The van der Waals surface area contributed by atoms with Crippen molar-refractivity contribution in [3.8, 4) is 0 Å². The number of benzene rings is 1. The molecule has 5 nitrogen and oxygen atoms in total. The maximum Gasteiger partial charge on any atom is 0.407 e. The zero-order valence-electron chi connectivity index (χ0n) is 11.3. The van der Waals surface area contributed by atoms with Crippen LogP contribution >= 0.6 is 11.6 Å². The molecule has 1 aliphatic heterocycles. The normalized spacial score (nSPS) is 15.8. The van der Waals surface area contributed by atoms with Gasteiger partial charge in [-0.2, -0.15) is 0 Å². The van der Waals surface area contributed by atoms with Gasteiger partial charge in [0, 0.05) is 19.1 Å². The van der Waals surface area contributed by atoms with Crippen LogP contribution in [0.4, 0.5) is 4.79 Å². The zero-order valence-corrected chi connectivity index (χ0v) is 12.0. The predicted octanol–water partition coefficient (Wildman–Crippen LogP) is 2.30. The molecule has 108 valence electrons. The second-order valence-corrected chi connectivity index (χ2v) is 5.09. The maximum absolute atomic E-state index is 12.3. The highest BCUT2D eigenvalue weighted by atomic mass is 35.5. The molecule has 1 N–H and O–H groups in total. The Hall–Kier alpha value is -1.75. The minimum absolute atomic E-state index is 0.0535. The van der Waals surface area contributed by atoms with E-state index in [1.807, 2.05) is 0 Å². The Morgan fingerprint density at radius 1 is 1.30 bits per heavy atom. The lowest BCUT2D eigenvalue weighted by Crippen LogP contribution is -2.46. The maximum atomic E-state index is 12.3. The number of methoxy groups -OCH3 is 1. The van der Waals surface area contributed by atoms with Crippen LogP contribution in [0.5, 0.6) is 0 Å². The molecule has 1 aromatic carbocycles. The predicted molar refractivity (Wildman–Crippen MR) is 75.9 cm³/mol. The zero-order chi connectivity index (χ0) is 14.5. The summed E-state index contributed by atoms with van der Waals surface area (Å²) >= 11 is 6.03. The summed E-state index contributed by atoms with van der Waals surface area (Å²) in [6.07, 6.45) is 0.997. The minimum atomic E-state index is -0.430. The SMILES string of the molecule is COC(=O)NC1CCN(C(=O)c2ccccc2Cl)CC1. The van der Waals surface area contributed by atoms with Crippen LogP contribution in [0.1, 0.15) is 23.2 Å². The van der Waals surface area contributed by atoms with Gasteiger partial charge in [0.25, 0.3) is 5.91 Å². The quantitative estimate of drug-likeness (QED) is 0.911. The van der Waals surface area contributed by atoms with Gasteiger partial charge in [0.05, 0.1) is 17.7 Å². The average molecular weight is 297 g/mol. The Bertz CT molecular complexity index is 499. The lowest BCUT2D eigenvalue weighted by molar-refractivity contribution is 0.0704. The van der Waals surface area contributed by atoms with Gasteiger partial charge in [-0.15, -0.1) is 0 Å².